The molecular weight excluding hydrogens is 1140 g/mol. The largest absolute Gasteiger partial charge is 0.472 e. The molecule has 0 amide bonds. The lowest BCUT2D eigenvalue weighted by molar-refractivity contribution is -0.161. The number of ether oxygens (including phenoxy) is 4. The Morgan fingerprint density at radius 3 is 0.826 bits per heavy atom. The minimum atomic E-state index is -4.95. The van der Waals surface area contributed by atoms with Gasteiger partial charge in [0.05, 0.1) is 26.4 Å². The van der Waals surface area contributed by atoms with Crippen molar-refractivity contribution in [2.75, 3.05) is 39.6 Å². The molecule has 17 nitrogen and oxygen atoms in total. The summed E-state index contributed by atoms with van der Waals surface area (Å²) in [5, 5.41) is 10.6. The second-order valence-corrected chi connectivity index (χ2v) is 28.6. The van der Waals surface area contributed by atoms with Gasteiger partial charge in [-0.3, -0.25) is 37.3 Å². The number of hydrogen-bond acceptors (Lipinski definition) is 15. The van der Waals surface area contributed by atoms with Gasteiger partial charge in [0.1, 0.15) is 19.3 Å². The molecule has 0 heterocycles. The van der Waals surface area contributed by atoms with Gasteiger partial charge in [0, 0.05) is 25.7 Å². The molecule has 0 aromatic heterocycles. The fourth-order valence-corrected chi connectivity index (χ4v) is 11.5. The third-order valence-corrected chi connectivity index (χ3v) is 17.9. The first-order chi connectivity index (χ1) is 41.2. The second-order valence-electron chi connectivity index (χ2n) is 25.6. The molecule has 510 valence electrons. The van der Waals surface area contributed by atoms with Gasteiger partial charge in [-0.1, -0.05) is 274 Å². The molecule has 0 saturated heterocycles. The molecule has 0 spiro atoms. The van der Waals surface area contributed by atoms with Gasteiger partial charge in [0.25, 0.3) is 0 Å². The highest BCUT2D eigenvalue weighted by molar-refractivity contribution is 7.47. The Morgan fingerprint density at radius 1 is 0.326 bits per heavy atom. The maximum atomic E-state index is 13.0. The average Bonchev–Trinajstić information content (AvgIpc) is 3.53. The summed E-state index contributed by atoms with van der Waals surface area (Å²) in [6.45, 7) is 14.0. The van der Waals surface area contributed by atoms with Crippen molar-refractivity contribution in [3.05, 3.63) is 0 Å². The molecule has 0 aliphatic carbocycles. The van der Waals surface area contributed by atoms with E-state index in [1.54, 1.807) is 0 Å². The van der Waals surface area contributed by atoms with Crippen LogP contribution in [0.15, 0.2) is 0 Å². The van der Waals surface area contributed by atoms with E-state index in [9.17, 15) is 43.2 Å². The maximum Gasteiger partial charge on any atom is 0.472 e. The normalized spacial score (nSPS) is 15.0. The SMILES string of the molecule is CCC(C)CCCCCCCCCCC(=O)OC[C@H](COP(=O)(O)OC[C@@H](O)COP(=O)(O)OC[C@@H](COC(=O)CCCCCCCCC(C)CC)OC(=O)CCCCCCCCCCCCCC(C)C)OC(=O)CCCCCCCCCC(C)C. The van der Waals surface area contributed by atoms with Gasteiger partial charge in [-0.2, -0.15) is 0 Å². The van der Waals surface area contributed by atoms with Gasteiger partial charge in [0.15, 0.2) is 12.2 Å². The summed E-state index contributed by atoms with van der Waals surface area (Å²) in [7, 11) is -9.90. The van der Waals surface area contributed by atoms with Crippen molar-refractivity contribution in [1.29, 1.82) is 0 Å². The molecule has 3 N–H and O–H groups in total. The van der Waals surface area contributed by atoms with Crippen LogP contribution in [0.1, 0.15) is 325 Å². The molecule has 0 saturated carbocycles. The van der Waals surface area contributed by atoms with Crippen LogP contribution in [0.25, 0.3) is 0 Å². The predicted molar refractivity (Wildman–Crippen MR) is 344 cm³/mol. The van der Waals surface area contributed by atoms with Crippen LogP contribution in [-0.4, -0.2) is 96.7 Å². The van der Waals surface area contributed by atoms with E-state index in [0.717, 1.165) is 114 Å². The van der Waals surface area contributed by atoms with Gasteiger partial charge in [-0.15, -0.1) is 0 Å². The number of aliphatic hydroxyl groups is 1. The van der Waals surface area contributed by atoms with Crippen LogP contribution in [0.2, 0.25) is 0 Å². The van der Waals surface area contributed by atoms with E-state index in [0.29, 0.717) is 31.6 Å². The minimum Gasteiger partial charge on any atom is -0.462 e. The highest BCUT2D eigenvalue weighted by Crippen LogP contribution is 2.45. The monoisotopic (exact) mass is 1270 g/mol. The Morgan fingerprint density at radius 2 is 0.558 bits per heavy atom. The maximum absolute atomic E-state index is 13.0. The Labute approximate surface area is 524 Å². The Balaban J connectivity index is 5.26. The number of rotatable bonds is 64. The summed E-state index contributed by atoms with van der Waals surface area (Å²) in [5.74, 6) is 0.833. The number of carbonyl (C=O) groups excluding carboxylic acids is 4. The van der Waals surface area contributed by atoms with Crippen LogP contribution in [0.4, 0.5) is 0 Å². The third-order valence-electron chi connectivity index (χ3n) is 16.0. The van der Waals surface area contributed by atoms with Crippen molar-refractivity contribution in [2.24, 2.45) is 23.7 Å². The number of aliphatic hydroxyl groups excluding tert-OH is 1. The predicted octanol–water partition coefficient (Wildman–Crippen LogP) is 18.5. The van der Waals surface area contributed by atoms with Gasteiger partial charge >= 0.3 is 39.5 Å². The first-order valence-corrected chi connectivity index (χ1v) is 37.8. The molecule has 0 rings (SSSR count). The number of esters is 4. The third kappa shape index (κ3) is 58.4. The van der Waals surface area contributed by atoms with Crippen molar-refractivity contribution in [2.45, 2.75) is 343 Å². The zero-order chi connectivity index (χ0) is 63.9. The molecule has 19 heteroatoms. The van der Waals surface area contributed by atoms with Crippen LogP contribution in [0.3, 0.4) is 0 Å². The number of phosphoric acid groups is 2. The summed E-state index contributed by atoms with van der Waals surface area (Å²) >= 11 is 0. The summed E-state index contributed by atoms with van der Waals surface area (Å²) in [6.07, 6.45) is 37.6. The van der Waals surface area contributed by atoms with Crippen molar-refractivity contribution in [1.82, 2.24) is 0 Å². The van der Waals surface area contributed by atoms with Crippen LogP contribution < -0.4 is 0 Å². The quantitative estimate of drug-likeness (QED) is 0.0222. The topological polar surface area (TPSA) is 237 Å². The lowest BCUT2D eigenvalue weighted by atomic mass is 9.99. The first kappa shape index (κ1) is 84.1. The highest BCUT2D eigenvalue weighted by Gasteiger charge is 2.30. The summed E-state index contributed by atoms with van der Waals surface area (Å²) in [5.41, 5.74) is 0. The van der Waals surface area contributed by atoms with E-state index >= 15 is 0 Å². The van der Waals surface area contributed by atoms with E-state index in [-0.39, 0.29) is 25.7 Å². The molecule has 0 fully saturated rings. The van der Waals surface area contributed by atoms with Gasteiger partial charge in [0.2, 0.25) is 0 Å². The number of unbranched alkanes of at least 4 members (excludes halogenated alkanes) is 28. The van der Waals surface area contributed by atoms with Crippen molar-refractivity contribution < 1.29 is 80.2 Å². The van der Waals surface area contributed by atoms with E-state index in [1.165, 1.54) is 122 Å². The van der Waals surface area contributed by atoms with E-state index in [4.69, 9.17) is 37.0 Å². The fraction of sp³-hybridized carbons (Fsp3) is 0.940. The molecule has 0 aliphatic rings. The van der Waals surface area contributed by atoms with E-state index < -0.39 is 97.5 Å². The smallest absolute Gasteiger partial charge is 0.462 e. The van der Waals surface area contributed by atoms with Gasteiger partial charge in [-0.25, -0.2) is 9.13 Å². The molecule has 0 aliphatic heterocycles. The summed E-state index contributed by atoms with van der Waals surface area (Å²) < 4.78 is 68.1. The Bertz CT molecular complexity index is 1720. The molecular formula is C67H130O17P2. The first-order valence-electron chi connectivity index (χ1n) is 34.8. The number of phosphoric ester groups is 2. The molecule has 0 aromatic carbocycles. The van der Waals surface area contributed by atoms with Crippen molar-refractivity contribution in [3.8, 4) is 0 Å². The Kier molecular flexibility index (Phi) is 55.7. The number of carbonyl (C=O) groups is 4. The second kappa shape index (κ2) is 57.0. The van der Waals surface area contributed by atoms with Crippen LogP contribution >= 0.6 is 15.6 Å². The van der Waals surface area contributed by atoms with Crippen LogP contribution in [0, 0.1) is 23.7 Å². The molecule has 7 atom stereocenters. The number of hydrogen-bond donors (Lipinski definition) is 3. The van der Waals surface area contributed by atoms with Gasteiger partial charge in [-0.05, 0) is 49.4 Å². The van der Waals surface area contributed by atoms with Crippen LogP contribution in [-0.2, 0) is 65.4 Å². The Hall–Kier alpha value is -1.94. The molecule has 0 radical (unpaired) electrons. The lowest BCUT2D eigenvalue weighted by Gasteiger charge is -2.21. The summed E-state index contributed by atoms with van der Waals surface area (Å²) in [6, 6.07) is 0. The standard InChI is InChI=1S/C67H130O17P2/c1-9-59(7)45-37-29-21-16-17-22-31-39-47-64(69)77-53-62(84-67(72)50-42-34-24-18-20-28-36-44-58(5)6)55-81-85(73,74)79-51-61(68)52-80-86(75,76)82-56-63(54-78-65(70)48-40-32-26-25-30-38-46-60(8)10-2)83-66(71)49-41-33-23-15-13-11-12-14-19-27-35-43-57(3)4/h57-63,68H,9-56H2,1-8H3,(H,73,74)(H,75,76)/t59?,60?,61-,62-,63-/m1/s1. The summed E-state index contributed by atoms with van der Waals surface area (Å²) in [4.78, 5) is 72.4. The lowest BCUT2D eigenvalue weighted by Crippen LogP contribution is -2.30. The molecule has 0 bridgehead atoms. The van der Waals surface area contributed by atoms with Crippen LogP contribution in [0.5, 0.6) is 0 Å². The average molecular weight is 1270 g/mol. The van der Waals surface area contributed by atoms with Crippen molar-refractivity contribution in [3.63, 3.8) is 0 Å². The fourth-order valence-electron chi connectivity index (χ4n) is 9.89. The zero-order valence-electron chi connectivity index (χ0n) is 55.9. The minimum absolute atomic E-state index is 0.102. The van der Waals surface area contributed by atoms with E-state index in [1.807, 2.05) is 0 Å². The van der Waals surface area contributed by atoms with Crippen molar-refractivity contribution >= 4 is 39.5 Å². The molecule has 4 unspecified atom stereocenters. The molecule has 86 heavy (non-hydrogen) atoms. The highest BCUT2D eigenvalue weighted by atomic mass is 31.2. The molecule has 0 aromatic rings. The van der Waals surface area contributed by atoms with Gasteiger partial charge < -0.3 is 33.8 Å². The zero-order valence-corrected chi connectivity index (χ0v) is 57.7. The van der Waals surface area contributed by atoms with E-state index in [2.05, 4.69) is 55.4 Å².